The average Bonchev–Trinajstić information content (AvgIpc) is 3.06. The Morgan fingerprint density at radius 1 is 1.47 bits per heavy atom. The second-order valence-electron chi connectivity index (χ2n) is 4.43. The van der Waals surface area contributed by atoms with E-state index < -0.39 is 18.6 Å². The van der Waals surface area contributed by atoms with Gasteiger partial charge in [0.1, 0.15) is 0 Å². The van der Waals surface area contributed by atoms with Gasteiger partial charge in [-0.25, -0.2) is 9.78 Å². The van der Waals surface area contributed by atoms with E-state index in [1.165, 1.54) is 0 Å². The van der Waals surface area contributed by atoms with Crippen molar-refractivity contribution in [2.45, 2.75) is 44.7 Å². The van der Waals surface area contributed by atoms with Gasteiger partial charge in [0.05, 0.1) is 18.7 Å². The molecule has 1 saturated carbocycles. The van der Waals surface area contributed by atoms with Gasteiger partial charge in [0.25, 0.3) is 0 Å². The average molecular weight is 277 g/mol. The lowest BCUT2D eigenvalue weighted by Gasteiger charge is -2.02. The summed E-state index contributed by atoms with van der Waals surface area (Å²) < 4.78 is 46.4. The molecule has 0 amide bonds. The molecule has 0 unspecified atom stereocenters. The molecule has 1 aromatic heterocycles. The minimum Gasteiger partial charge on any atom is -0.460 e. The molecule has 2 rings (SSSR count). The number of ether oxygens (including phenoxy) is 1. The van der Waals surface area contributed by atoms with Crippen LogP contribution in [0.3, 0.4) is 0 Å². The highest BCUT2D eigenvalue weighted by atomic mass is 19.4. The third-order valence-electron chi connectivity index (χ3n) is 2.74. The van der Waals surface area contributed by atoms with E-state index in [0.717, 1.165) is 12.8 Å². The predicted octanol–water partition coefficient (Wildman–Crippen LogP) is 3.22. The van der Waals surface area contributed by atoms with E-state index in [-0.39, 0.29) is 30.6 Å². The second kappa shape index (κ2) is 5.22. The Morgan fingerprint density at radius 2 is 2.16 bits per heavy atom. The van der Waals surface area contributed by atoms with Crippen LogP contribution < -0.4 is 0 Å². The minimum absolute atomic E-state index is 0.0403. The van der Waals surface area contributed by atoms with E-state index in [1.807, 2.05) is 0 Å². The molecule has 0 atom stereocenters. The van der Waals surface area contributed by atoms with Crippen molar-refractivity contribution >= 4 is 5.97 Å². The number of hydrogen-bond acceptors (Lipinski definition) is 4. The number of oxazole rings is 1. The number of aryl methyl sites for hydroxylation is 1. The maximum Gasteiger partial charge on any atom is 0.389 e. The zero-order chi connectivity index (χ0) is 14.0. The number of halogens is 3. The molecule has 0 aromatic carbocycles. The number of carbonyl (C=O) groups is 1. The fourth-order valence-electron chi connectivity index (χ4n) is 1.71. The molecule has 0 aliphatic heterocycles. The Morgan fingerprint density at radius 3 is 2.68 bits per heavy atom. The van der Waals surface area contributed by atoms with E-state index in [9.17, 15) is 18.0 Å². The Labute approximate surface area is 107 Å². The number of carbonyl (C=O) groups excluding carboxylic acids is 1. The molecule has 1 heterocycles. The third-order valence-corrected chi connectivity index (χ3v) is 2.74. The van der Waals surface area contributed by atoms with Crippen LogP contribution in [-0.2, 0) is 11.2 Å². The van der Waals surface area contributed by atoms with Crippen LogP contribution in [0.25, 0.3) is 0 Å². The summed E-state index contributed by atoms with van der Waals surface area (Å²) in [6, 6.07) is 0. The number of hydrogen-bond donors (Lipinski definition) is 0. The second-order valence-corrected chi connectivity index (χ2v) is 4.43. The molecule has 1 fully saturated rings. The number of alkyl halides is 3. The molecule has 7 heteroatoms. The summed E-state index contributed by atoms with van der Waals surface area (Å²) >= 11 is 0. The fourth-order valence-corrected chi connectivity index (χ4v) is 1.71. The molecule has 1 aliphatic carbocycles. The normalized spacial score (nSPS) is 15.6. The summed E-state index contributed by atoms with van der Waals surface area (Å²) in [6.07, 6.45) is -3.89. The van der Waals surface area contributed by atoms with Crippen LogP contribution in [0.15, 0.2) is 4.42 Å². The number of aromatic nitrogens is 1. The van der Waals surface area contributed by atoms with Crippen molar-refractivity contribution < 1.29 is 27.1 Å². The zero-order valence-corrected chi connectivity index (χ0v) is 10.4. The van der Waals surface area contributed by atoms with Crippen molar-refractivity contribution in [1.29, 1.82) is 0 Å². The third kappa shape index (κ3) is 3.71. The van der Waals surface area contributed by atoms with Crippen LogP contribution in [0.1, 0.15) is 54.2 Å². The maximum absolute atomic E-state index is 12.1. The molecule has 0 N–H and O–H groups in total. The van der Waals surface area contributed by atoms with E-state index in [1.54, 1.807) is 6.92 Å². The van der Waals surface area contributed by atoms with Crippen LogP contribution in [-0.4, -0.2) is 23.7 Å². The van der Waals surface area contributed by atoms with Crippen molar-refractivity contribution in [1.82, 2.24) is 4.98 Å². The Balaban J connectivity index is 2.13. The van der Waals surface area contributed by atoms with Crippen molar-refractivity contribution in [3.8, 4) is 0 Å². The van der Waals surface area contributed by atoms with Crippen molar-refractivity contribution in [2.75, 3.05) is 6.61 Å². The van der Waals surface area contributed by atoms with Crippen LogP contribution in [0.5, 0.6) is 0 Å². The van der Waals surface area contributed by atoms with Gasteiger partial charge in [0, 0.05) is 12.3 Å². The first kappa shape index (κ1) is 13.9. The predicted molar refractivity (Wildman–Crippen MR) is 58.8 cm³/mol. The highest BCUT2D eigenvalue weighted by Crippen LogP contribution is 2.41. The number of nitrogens with zero attached hydrogens (tertiary/aromatic N) is 1. The molecular formula is C12H14F3NO3. The van der Waals surface area contributed by atoms with E-state index in [2.05, 4.69) is 4.98 Å². The van der Waals surface area contributed by atoms with Gasteiger partial charge in [-0.1, -0.05) is 0 Å². The Bertz CT molecular complexity index is 463. The van der Waals surface area contributed by atoms with Crippen LogP contribution in [0, 0.1) is 0 Å². The summed E-state index contributed by atoms with van der Waals surface area (Å²) in [7, 11) is 0. The fraction of sp³-hybridized carbons (Fsp3) is 0.667. The molecule has 106 valence electrons. The first-order chi connectivity index (χ1) is 8.90. The Hall–Kier alpha value is -1.53. The van der Waals surface area contributed by atoms with Gasteiger partial charge >= 0.3 is 12.1 Å². The lowest BCUT2D eigenvalue weighted by Crippen LogP contribution is -2.08. The monoisotopic (exact) mass is 277 g/mol. The van der Waals surface area contributed by atoms with Gasteiger partial charge in [-0.3, -0.25) is 0 Å². The summed E-state index contributed by atoms with van der Waals surface area (Å²) in [5, 5.41) is 0. The minimum atomic E-state index is -4.27. The lowest BCUT2D eigenvalue weighted by atomic mass is 10.2. The summed E-state index contributed by atoms with van der Waals surface area (Å²) in [5.74, 6) is -0.637. The highest BCUT2D eigenvalue weighted by Gasteiger charge is 2.35. The topological polar surface area (TPSA) is 52.3 Å². The van der Waals surface area contributed by atoms with Crippen LogP contribution in [0.2, 0.25) is 0 Å². The smallest absolute Gasteiger partial charge is 0.389 e. The van der Waals surface area contributed by atoms with Gasteiger partial charge in [-0.2, -0.15) is 13.2 Å². The first-order valence-electron chi connectivity index (χ1n) is 6.14. The van der Waals surface area contributed by atoms with E-state index in [4.69, 9.17) is 9.15 Å². The molecule has 1 aromatic rings. The molecule has 0 radical (unpaired) electrons. The molecule has 1 aliphatic rings. The summed E-state index contributed by atoms with van der Waals surface area (Å²) in [6.45, 7) is 1.83. The Kier molecular flexibility index (Phi) is 3.82. The van der Waals surface area contributed by atoms with E-state index in [0.29, 0.717) is 5.69 Å². The molecular weight excluding hydrogens is 263 g/mol. The van der Waals surface area contributed by atoms with Gasteiger partial charge in [-0.05, 0) is 19.8 Å². The van der Waals surface area contributed by atoms with Crippen LogP contribution in [0.4, 0.5) is 13.2 Å². The first-order valence-corrected chi connectivity index (χ1v) is 6.14. The number of rotatable bonds is 5. The molecule has 0 saturated heterocycles. The highest BCUT2D eigenvalue weighted by molar-refractivity contribution is 5.87. The SMILES string of the molecule is CCOC(=O)c1oc(CCC(F)(F)F)nc1C1CC1. The summed E-state index contributed by atoms with van der Waals surface area (Å²) in [4.78, 5) is 15.6. The molecule has 19 heavy (non-hydrogen) atoms. The van der Waals surface area contributed by atoms with Crippen molar-refractivity contribution in [2.24, 2.45) is 0 Å². The summed E-state index contributed by atoms with van der Waals surface area (Å²) in [5.41, 5.74) is 0.440. The van der Waals surface area contributed by atoms with Crippen LogP contribution >= 0.6 is 0 Å². The van der Waals surface area contributed by atoms with Gasteiger partial charge in [0.15, 0.2) is 5.89 Å². The zero-order valence-electron chi connectivity index (χ0n) is 10.4. The number of esters is 1. The lowest BCUT2D eigenvalue weighted by molar-refractivity contribution is -0.134. The van der Waals surface area contributed by atoms with Gasteiger partial charge in [-0.15, -0.1) is 0 Å². The molecule has 4 nitrogen and oxygen atoms in total. The van der Waals surface area contributed by atoms with E-state index >= 15 is 0 Å². The standard InChI is InChI=1S/C12H14F3NO3/c1-2-18-11(17)10-9(7-3-4-7)16-8(19-10)5-6-12(13,14)15/h7H,2-6H2,1H3. The van der Waals surface area contributed by atoms with Gasteiger partial charge < -0.3 is 9.15 Å². The molecule has 0 bridgehead atoms. The quantitative estimate of drug-likeness (QED) is 0.775. The largest absolute Gasteiger partial charge is 0.460 e. The van der Waals surface area contributed by atoms with Crippen molar-refractivity contribution in [3.63, 3.8) is 0 Å². The van der Waals surface area contributed by atoms with Crippen molar-refractivity contribution in [3.05, 3.63) is 17.3 Å². The molecule has 0 spiro atoms. The maximum atomic E-state index is 12.1. The van der Waals surface area contributed by atoms with Gasteiger partial charge in [0.2, 0.25) is 5.76 Å².